The van der Waals surface area contributed by atoms with Crippen LogP contribution < -0.4 is 5.73 Å². The van der Waals surface area contributed by atoms with Crippen LogP contribution in [0, 0.1) is 0 Å². The van der Waals surface area contributed by atoms with Gasteiger partial charge in [-0.15, -0.1) is 0 Å². The van der Waals surface area contributed by atoms with Crippen LogP contribution in [0.5, 0.6) is 0 Å². The van der Waals surface area contributed by atoms with Crippen molar-refractivity contribution in [3.8, 4) is 0 Å². The second-order valence-electron chi connectivity index (χ2n) is 2.91. The summed E-state index contributed by atoms with van der Waals surface area (Å²) in [7, 11) is 0. The van der Waals surface area contributed by atoms with Crippen LogP contribution in [0.1, 0.15) is 26.2 Å². The fourth-order valence-electron chi connectivity index (χ4n) is 0.787. The third-order valence-corrected chi connectivity index (χ3v) is 2.32. The van der Waals surface area contributed by atoms with Crippen molar-refractivity contribution in [3.63, 3.8) is 0 Å². The Morgan fingerprint density at radius 1 is 1.62 bits per heavy atom. The largest absolute Gasteiger partial charge is 0.465 e. The standard InChI is InChI=1S/C9H19NO2S/c1-3-4-6-12-9(11)8(10)5-7-13-2/h8H,3-7,10H2,1-2H3/t8-/m1/s1. The maximum atomic E-state index is 11.2. The van der Waals surface area contributed by atoms with E-state index in [4.69, 9.17) is 10.5 Å². The summed E-state index contributed by atoms with van der Waals surface area (Å²) in [5.41, 5.74) is 5.60. The van der Waals surface area contributed by atoms with Crippen LogP contribution in [0.15, 0.2) is 0 Å². The second-order valence-corrected chi connectivity index (χ2v) is 3.89. The first-order valence-corrected chi connectivity index (χ1v) is 6.03. The lowest BCUT2D eigenvalue weighted by Gasteiger charge is -2.09. The number of hydrogen-bond donors (Lipinski definition) is 1. The van der Waals surface area contributed by atoms with Crippen LogP contribution in [-0.2, 0) is 9.53 Å². The van der Waals surface area contributed by atoms with Crippen molar-refractivity contribution in [3.05, 3.63) is 0 Å². The van der Waals surface area contributed by atoms with E-state index >= 15 is 0 Å². The predicted molar refractivity (Wildman–Crippen MR) is 56.8 cm³/mol. The molecule has 0 spiro atoms. The summed E-state index contributed by atoms with van der Waals surface area (Å²) in [6.45, 7) is 2.56. The molecule has 0 aliphatic carbocycles. The number of thioether (sulfide) groups is 1. The molecule has 0 aliphatic rings. The Hall–Kier alpha value is -0.220. The highest BCUT2D eigenvalue weighted by Gasteiger charge is 2.13. The molecule has 4 heteroatoms. The molecule has 0 saturated heterocycles. The molecule has 0 aromatic rings. The van der Waals surface area contributed by atoms with Gasteiger partial charge < -0.3 is 10.5 Å². The summed E-state index contributed by atoms with van der Waals surface area (Å²) in [5.74, 6) is 0.645. The fraction of sp³-hybridized carbons (Fsp3) is 0.889. The van der Waals surface area contributed by atoms with E-state index in [1.54, 1.807) is 11.8 Å². The Balaban J connectivity index is 3.45. The van der Waals surface area contributed by atoms with Crippen molar-refractivity contribution < 1.29 is 9.53 Å². The number of rotatable bonds is 7. The van der Waals surface area contributed by atoms with Gasteiger partial charge >= 0.3 is 5.97 Å². The molecule has 0 aliphatic heterocycles. The molecule has 1 atom stereocenters. The summed E-state index contributed by atoms with van der Waals surface area (Å²) < 4.78 is 4.97. The lowest BCUT2D eigenvalue weighted by molar-refractivity contribution is -0.145. The lowest BCUT2D eigenvalue weighted by atomic mass is 10.2. The molecule has 0 radical (unpaired) electrons. The van der Waals surface area contributed by atoms with Gasteiger partial charge in [0.25, 0.3) is 0 Å². The van der Waals surface area contributed by atoms with E-state index in [0.29, 0.717) is 13.0 Å². The first kappa shape index (κ1) is 12.8. The Morgan fingerprint density at radius 2 is 2.31 bits per heavy atom. The van der Waals surface area contributed by atoms with Crippen molar-refractivity contribution in [2.75, 3.05) is 18.6 Å². The predicted octanol–water partition coefficient (Wildman–Crippen LogP) is 1.41. The maximum absolute atomic E-state index is 11.2. The normalized spacial score (nSPS) is 12.5. The Labute approximate surface area is 84.4 Å². The van der Waals surface area contributed by atoms with Gasteiger partial charge in [-0.3, -0.25) is 4.79 Å². The zero-order valence-corrected chi connectivity index (χ0v) is 9.23. The third kappa shape index (κ3) is 6.90. The smallest absolute Gasteiger partial charge is 0.322 e. The average molecular weight is 205 g/mol. The summed E-state index contributed by atoms with van der Waals surface area (Å²) in [4.78, 5) is 11.2. The zero-order valence-electron chi connectivity index (χ0n) is 8.41. The zero-order chi connectivity index (χ0) is 10.1. The number of ether oxygens (including phenoxy) is 1. The molecule has 3 nitrogen and oxygen atoms in total. The molecular weight excluding hydrogens is 186 g/mol. The van der Waals surface area contributed by atoms with Crippen LogP contribution in [-0.4, -0.2) is 30.6 Å². The van der Waals surface area contributed by atoms with Gasteiger partial charge in [-0.1, -0.05) is 13.3 Å². The van der Waals surface area contributed by atoms with E-state index in [9.17, 15) is 4.79 Å². The quantitative estimate of drug-likeness (QED) is 0.504. The number of hydrogen-bond acceptors (Lipinski definition) is 4. The highest BCUT2D eigenvalue weighted by atomic mass is 32.2. The van der Waals surface area contributed by atoms with Crippen LogP contribution in [0.4, 0.5) is 0 Å². The molecule has 0 saturated carbocycles. The molecule has 0 rings (SSSR count). The molecule has 0 bridgehead atoms. The fourth-order valence-corrected chi connectivity index (χ4v) is 1.28. The van der Waals surface area contributed by atoms with Gasteiger partial charge in [0, 0.05) is 0 Å². The summed E-state index contributed by atoms with van der Waals surface area (Å²) >= 11 is 1.69. The molecule has 78 valence electrons. The van der Waals surface area contributed by atoms with Crippen molar-refractivity contribution in [2.24, 2.45) is 5.73 Å². The number of carbonyl (C=O) groups is 1. The minimum atomic E-state index is -0.440. The summed E-state index contributed by atoms with van der Waals surface area (Å²) in [5, 5.41) is 0. The minimum absolute atomic E-state index is 0.262. The molecular formula is C9H19NO2S. The van der Waals surface area contributed by atoms with Gasteiger partial charge in [-0.2, -0.15) is 11.8 Å². The van der Waals surface area contributed by atoms with Gasteiger partial charge in [0.2, 0.25) is 0 Å². The second kappa shape index (κ2) is 8.38. The van der Waals surface area contributed by atoms with Gasteiger partial charge in [0.05, 0.1) is 6.61 Å². The summed E-state index contributed by atoms with van der Waals surface area (Å²) in [6, 6.07) is -0.440. The molecule has 2 N–H and O–H groups in total. The van der Waals surface area contributed by atoms with Crippen molar-refractivity contribution in [1.82, 2.24) is 0 Å². The average Bonchev–Trinajstić information content (AvgIpc) is 2.14. The molecule has 13 heavy (non-hydrogen) atoms. The van der Waals surface area contributed by atoms with E-state index in [0.717, 1.165) is 18.6 Å². The molecule has 0 heterocycles. The van der Waals surface area contributed by atoms with Gasteiger partial charge in [-0.05, 0) is 24.9 Å². The van der Waals surface area contributed by atoms with E-state index in [1.807, 2.05) is 6.26 Å². The van der Waals surface area contributed by atoms with Gasteiger partial charge in [0.1, 0.15) is 6.04 Å². The van der Waals surface area contributed by atoms with Crippen LogP contribution >= 0.6 is 11.8 Å². The maximum Gasteiger partial charge on any atom is 0.322 e. The van der Waals surface area contributed by atoms with Crippen LogP contribution in [0.25, 0.3) is 0 Å². The lowest BCUT2D eigenvalue weighted by Crippen LogP contribution is -2.33. The van der Waals surface area contributed by atoms with Crippen molar-refractivity contribution in [1.29, 1.82) is 0 Å². The number of esters is 1. The van der Waals surface area contributed by atoms with E-state index in [1.165, 1.54) is 0 Å². The number of unbranched alkanes of at least 4 members (excludes halogenated alkanes) is 1. The molecule has 0 amide bonds. The third-order valence-electron chi connectivity index (χ3n) is 1.68. The number of carbonyl (C=O) groups excluding carboxylic acids is 1. The van der Waals surface area contributed by atoms with E-state index in [2.05, 4.69) is 6.92 Å². The van der Waals surface area contributed by atoms with Gasteiger partial charge in [-0.25, -0.2) is 0 Å². The highest BCUT2D eigenvalue weighted by Crippen LogP contribution is 2.00. The van der Waals surface area contributed by atoms with Crippen molar-refractivity contribution in [2.45, 2.75) is 32.2 Å². The molecule has 0 fully saturated rings. The monoisotopic (exact) mass is 205 g/mol. The minimum Gasteiger partial charge on any atom is -0.465 e. The first-order valence-electron chi connectivity index (χ1n) is 4.63. The highest BCUT2D eigenvalue weighted by molar-refractivity contribution is 7.98. The van der Waals surface area contributed by atoms with Gasteiger partial charge in [0.15, 0.2) is 0 Å². The first-order chi connectivity index (χ1) is 6.22. The topological polar surface area (TPSA) is 52.3 Å². The van der Waals surface area contributed by atoms with Crippen LogP contribution in [0.3, 0.4) is 0 Å². The number of nitrogens with two attached hydrogens (primary N) is 1. The Bertz CT molecular complexity index is 142. The van der Waals surface area contributed by atoms with E-state index < -0.39 is 6.04 Å². The van der Waals surface area contributed by atoms with E-state index in [-0.39, 0.29) is 5.97 Å². The Kier molecular flexibility index (Phi) is 8.24. The summed E-state index contributed by atoms with van der Waals surface area (Å²) in [6.07, 6.45) is 4.65. The molecule has 0 unspecified atom stereocenters. The SMILES string of the molecule is CCCCOC(=O)[C@H](N)CCSC. The van der Waals surface area contributed by atoms with Crippen molar-refractivity contribution >= 4 is 17.7 Å². The van der Waals surface area contributed by atoms with Crippen LogP contribution in [0.2, 0.25) is 0 Å². The molecule has 0 aromatic carbocycles. The Morgan fingerprint density at radius 3 is 2.85 bits per heavy atom. The molecule has 0 aromatic heterocycles.